The van der Waals surface area contributed by atoms with E-state index in [0.717, 1.165) is 25.7 Å². The highest BCUT2D eigenvalue weighted by atomic mass is 16.1. The third-order valence-electron chi connectivity index (χ3n) is 3.57. The van der Waals surface area contributed by atoms with Crippen molar-refractivity contribution in [3.63, 3.8) is 0 Å². The van der Waals surface area contributed by atoms with E-state index in [9.17, 15) is 4.79 Å². The van der Waals surface area contributed by atoms with Crippen molar-refractivity contribution in [2.75, 3.05) is 0 Å². The number of carbonyl (C=O) groups excluding carboxylic acids is 1. The second-order valence-electron chi connectivity index (χ2n) is 4.14. The molecule has 0 saturated heterocycles. The standard InChI is InChI=1S/C11H16O/c1-9-5-4-6-10(12)11(9)7-2-3-8-11/h5H,2-4,6-8H2,1H3. The first-order valence-corrected chi connectivity index (χ1v) is 4.96. The lowest BCUT2D eigenvalue weighted by atomic mass is 9.71. The predicted octanol–water partition coefficient (Wildman–Crippen LogP) is 2.86. The monoisotopic (exact) mass is 164 g/mol. The Balaban J connectivity index is 2.35. The Bertz CT molecular complexity index is 231. The van der Waals surface area contributed by atoms with E-state index in [0.29, 0.717) is 5.78 Å². The molecular formula is C11H16O. The van der Waals surface area contributed by atoms with Gasteiger partial charge in [0, 0.05) is 11.8 Å². The van der Waals surface area contributed by atoms with Crippen LogP contribution in [0.4, 0.5) is 0 Å². The van der Waals surface area contributed by atoms with Crippen LogP contribution in [0.5, 0.6) is 0 Å². The molecule has 0 aliphatic heterocycles. The average Bonchev–Trinajstić information content (AvgIpc) is 2.50. The number of ketones is 1. The van der Waals surface area contributed by atoms with Gasteiger partial charge in [0.1, 0.15) is 5.78 Å². The van der Waals surface area contributed by atoms with Gasteiger partial charge < -0.3 is 0 Å². The van der Waals surface area contributed by atoms with E-state index in [1.165, 1.54) is 18.4 Å². The quantitative estimate of drug-likeness (QED) is 0.503. The molecule has 2 aliphatic carbocycles. The summed E-state index contributed by atoms with van der Waals surface area (Å²) in [6.07, 6.45) is 8.77. The Morgan fingerprint density at radius 3 is 2.58 bits per heavy atom. The normalized spacial score (nSPS) is 27.8. The largest absolute Gasteiger partial charge is 0.299 e. The van der Waals surface area contributed by atoms with Crippen LogP contribution in [-0.2, 0) is 4.79 Å². The first kappa shape index (κ1) is 8.03. The summed E-state index contributed by atoms with van der Waals surface area (Å²) in [5, 5.41) is 0. The molecule has 0 bridgehead atoms. The fraction of sp³-hybridized carbons (Fsp3) is 0.727. The van der Waals surface area contributed by atoms with Crippen LogP contribution in [0.1, 0.15) is 45.4 Å². The second-order valence-corrected chi connectivity index (χ2v) is 4.14. The highest BCUT2D eigenvalue weighted by Crippen LogP contribution is 2.47. The number of carbonyl (C=O) groups is 1. The third-order valence-corrected chi connectivity index (χ3v) is 3.57. The fourth-order valence-electron chi connectivity index (χ4n) is 2.73. The van der Waals surface area contributed by atoms with Gasteiger partial charge >= 0.3 is 0 Å². The Hall–Kier alpha value is -0.590. The smallest absolute Gasteiger partial charge is 0.143 e. The zero-order chi connectivity index (χ0) is 8.60. The fourth-order valence-corrected chi connectivity index (χ4v) is 2.73. The minimum Gasteiger partial charge on any atom is -0.299 e. The molecule has 0 radical (unpaired) electrons. The molecule has 2 rings (SSSR count). The van der Waals surface area contributed by atoms with E-state index in [4.69, 9.17) is 0 Å². The van der Waals surface area contributed by atoms with Crippen LogP contribution in [0.25, 0.3) is 0 Å². The summed E-state index contributed by atoms with van der Waals surface area (Å²) in [5.41, 5.74) is 1.37. The molecule has 0 amide bonds. The molecule has 2 aliphatic rings. The van der Waals surface area contributed by atoms with Crippen LogP contribution < -0.4 is 0 Å². The Morgan fingerprint density at radius 2 is 2.00 bits per heavy atom. The second kappa shape index (κ2) is 2.72. The summed E-state index contributed by atoms with van der Waals surface area (Å²) < 4.78 is 0. The summed E-state index contributed by atoms with van der Waals surface area (Å²) in [4.78, 5) is 11.8. The van der Waals surface area contributed by atoms with Gasteiger partial charge in [0.05, 0.1) is 0 Å². The van der Waals surface area contributed by atoms with Crippen LogP contribution >= 0.6 is 0 Å². The lowest BCUT2D eigenvalue weighted by Gasteiger charge is -2.31. The molecule has 1 heteroatoms. The average molecular weight is 164 g/mol. The van der Waals surface area contributed by atoms with Gasteiger partial charge in [-0.25, -0.2) is 0 Å². The Morgan fingerprint density at radius 1 is 1.33 bits per heavy atom. The van der Waals surface area contributed by atoms with Crippen molar-refractivity contribution in [3.8, 4) is 0 Å². The molecule has 0 unspecified atom stereocenters. The number of hydrogen-bond donors (Lipinski definition) is 0. The minimum atomic E-state index is 0.0122. The highest BCUT2D eigenvalue weighted by molar-refractivity contribution is 5.89. The lowest BCUT2D eigenvalue weighted by Crippen LogP contribution is -2.31. The van der Waals surface area contributed by atoms with Gasteiger partial charge in [0.2, 0.25) is 0 Å². The van der Waals surface area contributed by atoms with Gasteiger partial charge in [-0.2, -0.15) is 0 Å². The molecule has 12 heavy (non-hydrogen) atoms. The van der Waals surface area contributed by atoms with E-state index < -0.39 is 0 Å². The third kappa shape index (κ3) is 0.954. The van der Waals surface area contributed by atoms with E-state index in [2.05, 4.69) is 13.0 Å². The number of allylic oxidation sites excluding steroid dienone is 2. The van der Waals surface area contributed by atoms with E-state index >= 15 is 0 Å². The van der Waals surface area contributed by atoms with Gasteiger partial charge in [-0.1, -0.05) is 24.5 Å². The van der Waals surface area contributed by atoms with Crippen molar-refractivity contribution < 1.29 is 4.79 Å². The lowest BCUT2D eigenvalue weighted by molar-refractivity contribution is -0.127. The summed E-state index contributed by atoms with van der Waals surface area (Å²) in [5.74, 6) is 0.514. The zero-order valence-corrected chi connectivity index (χ0v) is 7.73. The molecule has 0 aromatic rings. The maximum absolute atomic E-state index is 11.8. The number of rotatable bonds is 0. The van der Waals surface area contributed by atoms with Crippen molar-refractivity contribution in [2.24, 2.45) is 5.41 Å². The summed E-state index contributed by atoms with van der Waals surface area (Å²) in [7, 11) is 0. The Labute approximate surface area is 73.8 Å². The van der Waals surface area contributed by atoms with Gasteiger partial charge in [-0.05, 0) is 26.2 Å². The molecular weight excluding hydrogens is 148 g/mol. The Kier molecular flexibility index (Phi) is 1.82. The van der Waals surface area contributed by atoms with E-state index in [1.807, 2.05) is 0 Å². The van der Waals surface area contributed by atoms with Gasteiger partial charge in [-0.3, -0.25) is 4.79 Å². The van der Waals surface area contributed by atoms with Gasteiger partial charge in [-0.15, -0.1) is 0 Å². The van der Waals surface area contributed by atoms with Crippen molar-refractivity contribution in [3.05, 3.63) is 11.6 Å². The van der Waals surface area contributed by atoms with E-state index in [-0.39, 0.29) is 5.41 Å². The molecule has 1 nitrogen and oxygen atoms in total. The molecule has 1 spiro atoms. The first-order chi connectivity index (χ1) is 5.76. The van der Waals surface area contributed by atoms with Crippen molar-refractivity contribution in [2.45, 2.75) is 45.4 Å². The van der Waals surface area contributed by atoms with Crippen LogP contribution in [0, 0.1) is 5.41 Å². The molecule has 0 aromatic heterocycles. The molecule has 0 aromatic carbocycles. The first-order valence-electron chi connectivity index (χ1n) is 4.96. The van der Waals surface area contributed by atoms with Crippen molar-refractivity contribution in [1.29, 1.82) is 0 Å². The summed E-state index contributed by atoms with van der Waals surface area (Å²) in [6, 6.07) is 0. The van der Waals surface area contributed by atoms with Gasteiger partial charge in [0.25, 0.3) is 0 Å². The number of hydrogen-bond acceptors (Lipinski definition) is 1. The predicted molar refractivity (Wildman–Crippen MR) is 48.9 cm³/mol. The zero-order valence-electron chi connectivity index (χ0n) is 7.73. The maximum Gasteiger partial charge on any atom is 0.143 e. The maximum atomic E-state index is 11.8. The van der Waals surface area contributed by atoms with Crippen LogP contribution in [-0.4, -0.2) is 5.78 Å². The van der Waals surface area contributed by atoms with Gasteiger partial charge in [0.15, 0.2) is 0 Å². The molecule has 66 valence electrons. The SMILES string of the molecule is CC1=CCCC(=O)C12CCCC2. The topological polar surface area (TPSA) is 17.1 Å². The van der Waals surface area contributed by atoms with Crippen molar-refractivity contribution in [1.82, 2.24) is 0 Å². The number of Topliss-reactive ketones (excluding diaryl/α,β-unsaturated/α-hetero) is 1. The molecule has 0 heterocycles. The molecule has 1 saturated carbocycles. The van der Waals surface area contributed by atoms with Crippen LogP contribution in [0.2, 0.25) is 0 Å². The highest BCUT2D eigenvalue weighted by Gasteiger charge is 2.42. The summed E-state index contributed by atoms with van der Waals surface area (Å²) in [6.45, 7) is 2.14. The molecule has 0 N–H and O–H groups in total. The van der Waals surface area contributed by atoms with Crippen LogP contribution in [0.3, 0.4) is 0 Å². The minimum absolute atomic E-state index is 0.0122. The van der Waals surface area contributed by atoms with E-state index in [1.54, 1.807) is 0 Å². The molecule has 0 atom stereocenters. The van der Waals surface area contributed by atoms with Crippen LogP contribution in [0.15, 0.2) is 11.6 Å². The summed E-state index contributed by atoms with van der Waals surface area (Å²) >= 11 is 0. The molecule has 1 fully saturated rings. The van der Waals surface area contributed by atoms with Crippen molar-refractivity contribution >= 4 is 5.78 Å².